The van der Waals surface area contributed by atoms with Gasteiger partial charge in [0.25, 0.3) is 0 Å². The fourth-order valence-electron chi connectivity index (χ4n) is 1.86. The largest absolute Gasteiger partial charge is 0.324 e. The van der Waals surface area contributed by atoms with Crippen molar-refractivity contribution in [1.29, 1.82) is 0 Å². The second-order valence-electron chi connectivity index (χ2n) is 4.37. The van der Waals surface area contributed by atoms with E-state index in [1.165, 1.54) is 5.01 Å². The minimum Gasteiger partial charge on any atom is -0.324 e. The Labute approximate surface area is 113 Å². The lowest BCUT2D eigenvalue weighted by Gasteiger charge is -2.19. The summed E-state index contributed by atoms with van der Waals surface area (Å²) in [4.78, 5) is 11.3. The van der Waals surface area contributed by atoms with E-state index in [2.05, 4.69) is 5.10 Å². The van der Waals surface area contributed by atoms with Crippen molar-refractivity contribution in [3.8, 4) is 0 Å². The van der Waals surface area contributed by atoms with Gasteiger partial charge in [-0.15, -0.1) is 12.4 Å². The minimum absolute atomic E-state index is 0. The zero-order valence-electron chi connectivity index (χ0n) is 10.6. The van der Waals surface area contributed by atoms with Gasteiger partial charge in [0.05, 0.1) is 5.71 Å². The lowest BCUT2D eigenvalue weighted by molar-refractivity contribution is -0.130. The molecule has 4 nitrogen and oxygen atoms in total. The molecule has 0 saturated heterocycles. The Hall–Kier alpha value is -1.39. The lowest BCUT2D eigenvalue weighted by atomic mass is 10.0. The van der Waals surface area contributed by atoms with E-state index in [9.17, 15) is 4.79 Å². The van der Waals surface area contributed by atoms with Gasteiger partial charge >= 0.3 is 0 Å². The lowest BCUT2D eigenvalue weighted by Crippen LogP contribution is -2.28. The van der Waals surface area contributed by atoms with Crippen LogP contribution < -0.4 is 5.73 Å². The van der Waals surface area contributed by atoms with Gasteiger partial charge in [0.15, 0.2) is 0 Å². The van der Waals surface area contributed by atoms with Crippen molar-refractivity contribution < 1.29 is 4.79 Å². The number of amides is 1. The van der Waals surface area contributed by atoms with E-state index in [4.69, 9.17) is 5.73 Å². The zero-order chi connectivity index (χ0) is 12.4. The Bertz CT molecular complexity index is 454. The van der Waals surface area contributed by atoms with Gasteiger partial charge in [-0.25, -0.2) is 5.01 Å². The first-order valence-electron chi connectivity index (χ1n) is 5.78. The van der Waals surface area contributed by atoms with E-state index < -0.39 is 0 Å². The summed E-state index contributed by atoms with van der Waals surface area (Å²) in [6.45, 7) is 1.96. The molecule has 0 saturated carbocycles. The van der Waals surface area contributed by atoms with Gasteiger partial charge in [-0.2, -0.15) is 5.10 Å². The van der Waals surface area contributed by atoms with Crippen LogP contribution in [0, 0.1) is 0 Å². The molecule has 5 heteroatoms. The Morgan fingerprint density at radius 2 is 1.89 bits per heavy atom. The quantitative estimate of drug-likeness (QED) is 0.892. The first kappa shape index (κ1) is 14.7. The molecule has 18 heavy (non-hydrogen) atoms. The molecule has 0 radical (unpaired) electrons. The fourth-order valence-corrected chi connectivity index (χ4v) is 1.86. The minimum atomic E-state index is 0. The Morgan fingerprint density at radius 3 is 2.39 bits per heavy atom. The van der Waals surface area contributed by atoms with E-state index in [0.717, 1.165) is 16.8 Å². The molecule has 98 valence electrons. The van der Waals surface area contributed by atoms with Crippen LogP contribution in [0.4, 0.5) is 0 Å². The highest BCUT2D eigenvalue weighted by Crippen LogP contribution is 2.16. The number of benzene rings is 1. The van der Waals surface area contributed by atoms with Crippen molar-refractivity contribution in [3.05, 3.63) is 35.4 Å². The van der Waals surface area contributed by atoms with Crippen LogP contribution in [0.5, 0.6) is 0 Å². The SMILES string of the molecule is CC(N)c1ccc(C2=NN(C)C(=O)CC2)cc1.Cl. The number of hydrogen-bond donors (Lipinski definition) is 1. The molecule has 0 spiro atoms. The van der Waals surface area contributed by atoms with Gasteiger partial charge in [-0.1, -0.05) is 24.3 Å². The normalized spacial score (nSPS) is 16.9. The van der Waals surface area contributed by atoms with E-state index in [0.29, 0.717) is 12.8 Å². The topological polar surface area (TPSA) is 58.7 Å². The fraction of sp³-hybridized carbons (Fsp3) is 0.385. The van der Waals surface area contributed by atoms with Crippen LogP contribution in [0.15, 0.2) is 29.4 Å². The van der Waals surface area contributed by atoms with Crippen molar-refractivity contribution in [2.24, 2.45) is 10.8 Å². The van der Waals surface area contributed by atoms with Crippen molar-refractivity contribution in [3.63, 3.8) is 0 Å². The molecule has 1 aromatic rings. The molecule has 2 rings (SSSR count). The summed E-state index contributed by atoms with van der Waals surface area (Å²) < 4.78 is 0. The van der Waals surface area contributed by atoms with Crippen molar-refractivity contribution in [1.82, 2.24) is 5.01 Å². The highest BCUT2D eigenvalue weighted by atomic mass is 35.5. The number of nitrogens with two attached hydrogens (primary N) is 1. The van der Waals surface area contributed by atoms with Crippen molar-refractivity contribution >= 4 is 24.0 Å². The molecule has 0 aromatic heterocycles. The maximum Gasteiger partial charge on any atom is 0.242 e. The van der Waals surface area contributed by atoms with Crippen molar-refractivity contribution in [2.45, 2.75) is 25.8 Å². The van der Waals surface area contributed by atoms with E-state index in [1.807, 2.05) is 31.2 Å². The third-order valence-electron chi connectivity index (χ3n) is 2.98. The predicted molar refractivity (Wildman–Crippen MR) is 74.8 cm³/mol. The molecule has 1 amide bonds. The Balaban J connectivity index is 0.00000162. The molecule has 1 aromatic carbocycles. The molecule has 0 fully saturated rings. The number of carbonyl (C=O) groups is 1. The van der Waals surface area contributed by atoms with Crippen LogP contribution in [-0.2, 0) is 4.79 Å². The molecule has 0 bridgehead atoms. The maximum atomic E-state index is 11.3. The summed E-state index contributed by atoms with van der Waals surface area (Å²) in [5, 5.41) is 5.69. The Morgan fingerprint density at radius 1 is 1.28 bits per heavy atom. The Kier molecular flexibility index (Phi) is 4.87. The second-order valence-corrected chi connectivity index (χ2v) is 4.37. The van der Waals surface area contributed by atoms with Crippen LogP contribution in [0.3, 0.4) is 0 Å². The second kappa shape index (κ2) is 5.98. The van der Waals surface area contributed by atoms with Gasteiger partial charge in [-0.05, 0) is 18.1 Å². The van der Waals surface area contributed by atoms with E-state index >= 15 is 0 Å². The molecular formula is C13H18ClN3O. The first-order chi connectivity index (χ1) is 8.08. The van der Waals surface area contributed by atoms with E-state index in [1.54, 1.807) is 7.05 Å². The summed E-state index contributed by atoms with van der Waals surface area (Å²) in [6.07, 6.45) is 1.24. The van der Waals surface area contributed by atoms with Gasteiger partial charge in [0, 0.05) is 25.9 Å². The third kappa shape index (κ3) is 3.09. The van der Waals surface area contributed by atoms with Crippen LogP contribution >= 0.6 is 12.4 Å². The molecule has 1 unspecified atom stereocenters. The summed E-state index contributed by atoms with van der Waals surface area (Å²) >= 11 is 0. The highest BCUT2D eigenvalue weighted by Gasteiger charge is 2.17. The number of rotatable bonds is 2. The van der Waals surface area contributed by atoms with Crippen molar-refractivity contribution in [2.75, 3.05) is 7.05 Å². The number of halogens is 1. The maximum absolute atomic E-state index is 11.3. The molecule has 1 aliphatic rings. The smallest absolute Gasteiger partial charge is 0.242 e. The summed E-state index contributed by atoms with van der Waals surface area (Å²) in [6, 6.07) is 8.10. The van der Waals surface area contributed by atoms with Gasteiger partial charge < -0.3 is 5.73 Å². The number of nitrogens with zero attached hydrogens (tertiary/aromatic N) is 2. The molecular weight excluding hydrogens is 250 g/mol. The number of carbonyl (C=O) groups excluding carboxylic acids is 1. The average molecular weight is 268 g/mol. The zero-order valence-corrected chi connectivity index (χ0v) is 11.4. The van der Waals surface area contributed by atoms with Gasteiger partial charge in [0.2, 0.25) is 5.91 Å². The standard InChI is InChI=1S/C13H17N3O.ClH/c1-9(14)10-3-5-11(6-4-10)12-7-8-13(17)16(2)15-12;/h3-6,9H,7-8,14H2,1-2H3;1H. The summed E-state index contributed by atoms with van der Waals surface area (Å²) in [5.74, 6) is 0.0703. The van der Waals surface area contributed by atoms with Crippen LogP contribution in [0.1, 0.15) is 36.9 Å². The summed E-state index contributed by atoms with van der Waals surface area (Å²) in [5.41, 5.74) is 8.93. The number of hydrazone groups is 1. The van der Waals surface area contributed by atoms with Gasteiger partial charge in [0.1, 0.15) is 0 Å². The predicted octanol–water partition coefficient (Wildman–Crippen LogP) is 2.08. The molecule has 1 atom stereocenters. The van der Waals surface area contributed by atoms with Crippen LogP contribution in [-0.4, -0.2) is 23.7 Å². The summed E-state index contributed by atoms with van der Waals surface area (Å²) in [7, 11) is 1.69. The molecule has 1 aliphatic heterocycles. The molecule has 0 aliphatic carbocycles. The molecule has 2 N–H and O–H groups in total. The number of hydrogen-bond acceptors (Lipinski definition) is 3. The average Bonchev–Trinajstić information content (AvgIpc) is 2.33. The molecule has 1 heterocycles. The highest BCUT2D eigenvalue weighted by molar-refractivity contribution is 6.04. The monoisotopic (exact) mass is 267 g/mol. The van der Waals surface area contributed by atoms with Gasteiger partial charge in [-0.3, -0.25) is 4.79 Å². The van der Waals surface area contributed by atoms with E-state index in [-0.39, 0.29) is 24.4 Å². The third-order valence-corrected chi connectivity index (χ3v) is 2.98. The van der Waals surface area contributed by atoms with Crippen LogP contribution in [0.2, 0.25) is 0 Å². The first-order valence-corrected chi connectivity index (χ1v) is 5.78. The van der Waals surface area contributed by atoms with Crippen LogP contribution in [0.25, 0.3) is 0 Å².